The number of hydrogen-bond acceptors (Lipinski definition) is 8. The summed E-state index contributed by atoms with van der Waals surface area (Å²) in [5.74, 6) is 0.777. The molecule has 0 radical (unpaired) electrons. The van der Waals surface area contributed by atoms with Crippen molar-refractivity contribution in [2.45, 2.75) is 18.9 Å². The highest BCUT2D eigenvalue weighted by molar-refractivity contribution is 7.97. The lowest BCUT2D eigenvalue weighted by Gasteiger charge is -2.24. The van der Waals surface area contributed by atoms with Crippen molar-refractivity contribution in [2.75, 3.05) is 42.1 Å². The molecule has 1 aliphatic rings. The molecule has 34 heavy (non-hydrogen) atoms. The lowest BCUT2D eigenvalue weighted by Crippen LogP contribution is -2.27. The molecule has 4 N–H and O–H groups in total. The van der Waals surface area contributed by atoms with Crippen LogP contribution in [0.25, 0.3) is 16.9 Å². The molecule has 5 rings (SSSR count). The van der Waals surface area contributed by atoms with Crippen LogP contribution in [-0.4, -0.2) is 51.3 Å². The van der Waals surface area contributed by atoms with E-state index >= 15 is 0 Å². The molecule has 0 bridgehead atoms. The first-order valence-electron chi connectivity index (χ1n) is 11.0. The fourth-order valence-electron chi connectivity index (χ4n) is 3.63. The van der Waals surface area contributed by atoms with E-state index in [0.717, 1.165) is 37.4 Å². The summed E-state index contributed by atoms with van der Waals surface area (Å²) < 4.78 is 21.4. The third-order valence-electron chi connectivity index (χ3n) is 5.23. The smallest absolute Gasteiger partial charge is 0.229 e. The Bertz CT molecular complexity index is 1230. The number of nitrogens with zero attached hydrogens (tertiary/aromatic N) is 4. The number of ether oxygens (including phenoxy) is 1. The number of hydrogen-bond donors (Lipinski definition) is 3. The van der Waals surface area contributed by atoms with Gasteiger partial charge in [0, 0.05) is 43.0 Å². The van der Waals surface area contributed by atoms with Crippen molar-refractivity contribution in [2.24, 2.45) is 0 Å². The van der Waals surface area contributed by atoms with Crippen LogP contribution in [0.2, 0.25) is 0 Å². The van der Waals surface area contributed by atoms with Crippen LogP contribution in [0, 0.1) is 5.82 Å². The zero-order valence-corrected chi connectivity index (χ0v) is 20.0. The second-order valence-corrected chi connectivity index (χ2v) is 8.66. The van der Waals surface area contributed by atoms with Crippen molar-refractivity contribution in [3.05, 3.63) is 60.7 Å². The van der Waals surface area contributed by atoms with E-state index in [1.165, 1.54) is 12.4 Å². The van der Waals surface area contributed by atoms with E-state index < -0.39 is 5.82 Å². The summed E-state index contributed by atoms with van der Waals surface area (Å²) >= 11 is 1.75. The fraction of sp³-hybridized carbons (Fsp3) is 0.292. The van der Waals surface area contributed by atoms with E-state index in [9.17, 15) is 4.39 Å². The molecule has 1 aromatic carbocycles. The Morgan fingerprint density at radius 3 is 2.47 bits per heavy atom. The predicted molar refractivity (Wildman–Crippen MR) is 138 cm³/mol. The number of anilines is 4. The van der Waals surface area contributed by atoms with E-state index in [1.807, 2.05) is 36.8 Å². The van der Waals surface area contributed by atoms with Gasteiger partial charge >= 0.3 is 0 Å². The van der Waals surface area contributed by atoms with Crippen LogP contribution in [0.3, 0.4) is 0 Å². The van der Waals surface area contributed by atoms with Gasteiger partial charge in [0.25, 0.3) is 0 Å². The van der Waals surface area contributed by atoms with Gasteiger partial charge < -0.3 is 21.1 Å². The fourth-order valence-corrected chi connectivity index (χ4v) is 3.63. The predicted octanol–water partition coefficient (Wildman–Crippen LogP) is 4.85. The number of halogens is 1. The monoisotopic (exact) mass is 481 g/mol. The van der Waals surface area contributed by atoms with Gasteiger partial charge in [0.15, 0.2) is 11.5 Å². The number of pyridine rings is 1. The summed E-state index contributed by atoms with van der Waals surface area (Å²) in [5, 5.41) is 7.01. The lowest BCUT2D eigenvalue weighted by atomic mass is 10.1. The van der Waals surface area contributed by atoms with Gasteiger partial charge in [0.2, 0.25) is 5.95 Å². The van der Waals surface area contributed by atoms with E-state index in [4.69, 9.17) is 10.5 Å². The number of rotatable bonds is 5. The van der Waals surface area contributed by atoms with Gasteiger partial charge in [-0.15, -0.1) is 0 Å². The minimum absolute atomic E-state index is 0.311. The zero-order valence-electron chi connectivity index (χ0n) is 19.2. The maximum Gasteiger partial charge on any atom is 0.229 e. The molecule has 4 aromatic rings. The molecule has 0 spiro atoms. The van der Waals surface area contributed by atoms with Gasteiger partial charge in [-0.05, 0) is 61.8 Å². The highest BCUT2D eigenvalue weighted by Gasteiger charge is 2.15. The molecular formula is C24H28FN7OS. The Morgan fingerprint density at radius 2 is 1.76 bits per heavy atom. The Morgan fingerprint density at radius 1 is 1.06 bits per heavy atom. The van der Waals surface area contributed by atoms with Crippen LogP contribution in [-0.2, 0) is 4.74 Å². The molecule has 4 heterocycles. The first-order valence-corrected chi connectivity index (χ1v) is 12.6. The Balaban J connectivity index is 0.000000868. The molecule has 1 saturated heterocycles. The van der Waals surface area contributed by atoms with Crippen LogP contribution in [0.4, 0.5) is 27.5 Å². The van der Waals surface area contributed by atoms with Gasteiger partial charge in [-0.2, -0.15) is 16.7 Å². The molecule has 0 saturated carbocycles. The molecule has 1 aliphatic heterocycles. The molecule has 10 heteroatoms. The largest absolute Gasteiger partial charge is 0.384 e. The van der Waals surface area contributed by atoms with Crippen molar-refractivity contribution in [1.82, 2.24) is 19.5 Å². The summed E-state index contributed by atoms with van der Waals surface area (Å²) in [6.45, 7) is 1.59. The van der Waals surface area contributed by atoms with Crippen LogP contribution in [0.1, 0.15) is 12.8 Å². The second kappa shape index (κ2) is 11.2. The second-order valence-electron chi connectivity index (χ2n) is 7.84. The van der Waals surface area contributed by atoms with E-state index in [2.05, 4.69) is 25.6 Å². The van der Waals surface area contributed by atoms with Crippen molar-refractivity contribution < 1.29 is 9.13 Å². The number of nitrogens with two attached hydrogens (primary N) is 1. The average Bonchev–Trinajstić information content (AvgIpc) is 3.17. The molecule has 0 amide bonds. The summed E-state index contributed by atoms with van der Waals surface area (Å²) in [5.41, 5.74) is 8.07. The van der Waals surface area contributed by atoms with Crippen molar-refractivity contribution >= 4 is 45.9 Å². The summed E-state index contributed by atoms with van der Waals surface area (Å²) in [4.78, 5) is 13.0. The normalized spacial score (nSPS) is 13.9. The first kappa shape index (κ1) is 23.8. The number of fused-ring (bicyclic) bond motifs is 1. The zero-order chi connectivity index (χ0) is 23.9. The molecule has 3 aromatic heterocycles. The molecular weight excluding hydrogens is 453 g/mol. The van der Waals surface area contributed by atoms with Crippen LogP contribution >= 0.6 is 11.8 Å². The SMILES string of the molecule is CSC.Nc1cccc(-n2cc(F)c3cnc(Nc4ccc(NC5CCOCC5)cc4)nc32)n1. The molecule has 8 nitrogen and oxygen atoms in total. The van der Waals surface area contributed by atoms with Crippen molar-refractivity contribution in [3.63, 3.8) is 0 Å². The van der Waals surface area contributed by atoms with Gasteiger partial charge in [0.1, 0.15) is 11.6 Å². The minimum atomic E-state index is -0.422. The Kier molecular flexibility index (Phi) is 7.81. The highest BCUT2D eigenvalue weighted by atomic mass is 32.2. The molecule has 178 valence electrons. The minimum Gasteiger partial charge on any atom is -0.384 e. The quantitative estimate of drug-likeness (QED) is 0.372. The third kappa shape index (κ3) is 5.75. The molecule has 0 unspecified atom stereocenters. The van der Waals surface area contributed by atoms with E-state index in [1.54, 1.807) is 34.5 Å². The maximum atomic E-state index is 14.4. The summed E-state index contributed by atoms with van der Waals surface area (Å²) in [7, 11) is 0. The average molecular weight is 482 g/mol. The maximum absolute atomic E-state index is 14.4. The Hall–Kier alpha value is -3.37. The van der Waals surface area contributed by atoms with Gasteiger partial charge in [-0.25, -0.2) is 14.4 Å². The number of aromatic nitrogens is 4. The van der Waals surface area contributed by atoms with Crippen LogP contribution in [0.15, 0.2) is 54.9 Å². The first-order chi connectivity index (χ1) is 16.6. The van der Waals surface area contributed by atoms with Gasteiger partial charge in [0.05, 0.1) is 5.39 Å². The summed E-state index contributed by atoms with van der Waals surface area (Å²) in [6, 6.07) is 13.5. The van der Waals surface area contributed by atoms with E-state index in [0.29, 0.717) is 34.7 Å². The Labute approximate surface area is 202 Å². The summed E-state index contributed by atoms with van der Waals surface area (Å²) in [6.07, 6.45) is 8.89. The number of nitrogen functional groups attached to an aromatic ring is 1. The molecule has 0 atom stereocenters. The van der Waals surface area contributed by atoms with Crippen molar-refractivity contribution in [3.8, 4) is 5.82 Å². The lowest BCUT2D eigenvalue weighted by molar-refractivity contribution is 0.0904. The van der Waals surface area contributed by atoms with Crippen molar-refractivity contribution in [1.29, 1.82) is 0 Å². The van der Waals surface area contributed by atoms with Crippen LogP contribution < -0.4 is 16.4 Å². The topological polar surface area (TPSA) is 103 Å². The number of thioether (sulfide) groups is 1. The number of benzene rings is 1. The molecule has 1 fully saturated rings. The van der Waals surface area contributed by atoms with Crippen LogP contribution in [0.5, 0.6) is 0 Å². The van der Waals surface area contributed by atoms with E-state index in [-0.39, 0.29) is 0 Å². The van der Waals surface area contributed by atoms with Gasteiger partial charge in [-0.3, -0.25) is 4.57 Å². The molecule has 0 aliphatic carbocycles. The standard InChI is InChI=1S/C22H22FN7O.C2H6S/c23-18-13-30(20-3-1-2-19(24)28-20)21-17(18)12-25-22(29-21)27-15-6-4-14(5-7-15)26-16-8-10-31-11-9-16;1-3-2/h1-7,12-13,16,26H,8-11H2,(H2,24,28)(H,25,27,29);1-2H3. The number of nitrogens with one attached hydrogen (secondary N) is 2. The highest BCUT2D eigenvalue weighted by Crippen LogP contribution is 2.24. The third-order valence-corrected chi connectivity index (χ3v) is 5.23. The van der Waals surface area contributed by atoms with Gasteiger partial charge in [-0.1, -0.05) is 6.07 Å².